The Labute approximate surface area is 118 Å². The van der Waals surface area contributed by atoms with Gasteiger partial charge in [-0.25, -0.2) is 0 Å². The zero-order chi connectivity index (χ0) is 14.6. The Morgan fingerprint density at radius 3 is 2.42 bits per heavy atom. The summed E-state index contributed by atoms with van der Waals surface area (Å²) in [6.45, 7) is 9.70. The predicted octanol–water partition coefficient (Wildman–Crippen LogP) is 1.91. The number of nitrogens with zero attached hydrogens (tertiary/aromatic N) is 2. The van der Waals surface area contributed by atoms with E-state index in [0.29, 0.717) is 17.9 Å². The van der Waals surface area contributed by atoms with Gasteiger partial charge in [0.05, 0.1) is 12.2 Å². The highest BCUT2D eigenvalue weighted by atomic mass is 16.2. The first-order valence-corrected chi connectivity index (χ1v) is 7.61. The molecule has 1 aliphatic rings. The van der Waals surface area contributed by atoms with Crippen LogP contribution in [0.1, 0.15) is 47.0 Å². The second-order valence-corrected chi connectivity index (χ2v) is 6.38. The number of rotatable bonds is 7. The lowest BCUT2D eigenvalue weighted by molar-refractivity contribution is -0.132. The van der Waals surface area contributed by atoms with Gasteiger partial charge in [0, 0.05) is 6.04 Å². The lowest BCUT2D eigenvalue weighted by Gasteiger charge is -2.33. The van der Waals surface area contributed by atoms with Gasteiger partial charge in [0.25, 0.3) is 0 Å². The third kappa shape index (κ3) is 4.18. The molecule has 0 saturated carbocycles. The van der Waals surface area contributed by atoms with Crippen molar-refractivity contribution in [1.29, 1.82) is 0 Å². The lowest BCUT2D eigenvalue weighted by Crippen LogP contribution is -2.47. The summed E-state index contributed by atoms with van der Waals surface area (Å²) in [5, 5.41) is 3.52. The number of nitrogens with one attached hydrogen (secondary N) is 1. The molecule has 0 aromatic heterocycles. The molecule has 1 aliphatic heterocycles. The predicted molar refractivity (Wildman–Crippen MR) is 79.9 cm³/mol. The Balaban J connectivity index is 2.73. The van der Waals surface area contributed by atoms with Crippen LogP contribution < -0.4 is 5.32 Å². The van der Waals surface area contributed by atoms with E-state index in [1.807, 2.05) is 0 Å². The van der Waals surface area contributed by atoms with Crippen molar-refractivity contribution in [3.8, 4) is 0 Å². The molecule has 3 unspecified atom stereocenters. The molecule has 0 aromatic carbocycles. The largest absolute Gasteiger partial charge is 0.323 e. The van der Waals surface area contributed by atoms with E-state index in [2.05, 4.69) is 56.9 Å². The van der Waals surface area contributed by atoms with Crippen molar-refractivity contribution < 1.29 is 4.79 Å². The maximum Gasteiger partial charge on any atom is 0.241 e. The Morgan fingerprint density at radius 2 is 1.95 bits per heavy atom. The molecule has 0 radical (unpaired) electrons. The first kappa shape index (κ1) is 16.4. The zero-order valence-electron chi connectivity index (χ0n) is 13.4. The number of amides is 1. The fourth-order valence-electron chi connectivity index (χ4n) is 2.76. The molecule has 0 aliphatic carbocycles. The van der Waals surface area contributed by atoms with Crippen LogP contribution in [0.5, 0.6) is 0 Å². The van der Waals surface area contributed by atoms with E-state index in [0.717, 1.165) is 25.8 Å². The molecule has 4 heteroatoms. The van der Waals surface area contributed by atoms with Crippen molar-refractivity contribution in [1.82, 2.24) is 15.1 Å². The number of carbonyl (C=O) groups is 1. The van der Waals surface area contributed by atoms with Gasteiger partial charge in [0.2, 0.25) is 5.91 Å². The van der Waals surface area contributed by atoms with Crippen molar-refractivity contribution in [2.45, 2.75) is 65.2 Å². The van der Waals surface area contributed by atoms with E-state index in [-0.39, 0.29) is 12.2 Å². The fraction of sp³-hybridized carbons (Fsp3) is 0.933. The highest BCUT2D eigenvalue weighted by molar-refractivity contribution is 5.84. The molecule has 4 nitrogen and oxygen atoms in total. The van der Waals surface area contributed by atoms with Crippen LogP contribution in [0.3, 0.4) is 0 Å². The van der Waals surface area contributed by atoms with E-state index >= 15 is 0 Å². The summed E-state index contributed by atoms with van der Waals surface area (Å²) >= 11 is 0. The normalized spacial score (nSPS) is 25.7. The number of hydrogen-bond acceptors (Lipinski definition) is 3. The second kappa shape index (κ2) is 7.25. The van der Waals surface area contributed by atoms with E-state index in [4.69, 9.17) is 0 Å². The molecule has 0 aromatic rings. The SMILES string of the molecule is CCCC1NC(C(C)C)N(C(C)CCN(C)C)C1=O. The van der Waals surface area contributed by atoms with E-state index in [1.54, 1.807) is 0 Å². The molecule has 1 saturated heterocycles. The van der Waals surface area contributed by atoms with Crippen LogP contribution in [-0.4, -0.2) is 54.6 Å². The molecule has 1 fully saturated rings. The second-order valence-electron chi connectivity index (χ2n) is 6.38. The van der Waals surface area contributed by atoms with Gasteiger partial charge in [-0.2, -0.15) is 0 Å². The molecule has 0 bridgehead atoms. The summed E-state index contributed by atoms with van der Waals surface area (Å²) in [5.41, 5.74) is 0. The standard InChI is InChI=1S/C15H31N3O/c1-7-8-13-15(19)18(14(16-13)11(2)3)12(4)9-10-17(5)6/h11-14,16H,7-10H2,1-6H3. The summed E-state index contributed by atoms with van der Waals surface area (Å²) in [6, 6.07) is 0.330. The molecule has 112 valence electrons. The van der Waals surface area contributed by atoms with Crippen LogP contribution in [0.25, 0.3) is 0 Å². The van der Waals surface area contributed by atoms with Crippen LogP contribution in [0.4, 0.5) is 0 Å². The zero-order valence-corrected chi connectivity index (χ0v) is 13.4. The molecule has 1 N–H and O–H groups in total. The highest BCUT2D eigenvalue weighted by Gasteiger charge is 2.41. The Bertz CT molecular complexity index is 291. The minimum absolute atomic E-state index is 0.0270. The summed E-state index contributed by atoms with van der Waals surface area (Å²) in [7, 11) is 4.16. The van der Waals surface area contributed by atoms with Gasteiger partial charge < -0.3 is 9.80 Å². The van der Waals surface area contributed by atoms with Crippen molar-refractivity contribution >= 4 is 5.91 Å². The highest BCUT2D eigenvalue weighted by Crippen LogP contribution is 2.23. The molecular weight excluding hydrogens is 238 g/mol. The van der Waals surface area contributed by atoms with Gasteiger partial charge in [-0.3, -0.25) is 10.1 Å². The van der Waals surface area contributed by atoms with E-state index in [1.165, 1.54) is 0 Å². The summed E-state index contributed by atoms with van der Waals surface area (Å²) < 4.78 is 0. The van der Waals surface area contributed by atoms with Gasteiger partial charge in [-0.15, -0.1) is 0 Å². The monoisotopic (exact) mass is 269 g/mol. The maximum atomic E-state index is 12.5. The minimum Gasteiger partial charge on any atom is -0.323 e. The summed E-state index contributed by atoms with van der Waals surface area (Å²) in [4.78, 5) is 16.8. The Hall–Kier alpha value is -0.610. The molecule has 1 heterocycles. The van der Waals surface area contributed by atoms with Gasteiger partial charge in [-0.1, -0.05) is 27.2 Å². The van der Waals surface area contributed by atoms with Gasteiger partial charge in [0.15, 0.2) is 0 Å². The van der Waals surface area contributed by atoms with E-state index < -0.39 is 0 Å². The maximum absolute atomic E-state index is 12.5. The smallest absolute Gasteiger partial charge is 0.241 e. The fourth-order valence-corrected chi connectivity index (χ4v) is 2.76. The molecule has 3 atom stereocenters. The number of carbonyl (C=O) groups excluding carboxylic acids is 1. The molecule has 1 rings (SSSR count). The van der Waals surface area contributed by atoms with Crippen LogP contribution in [-0.2, 0) is 4.79 Å². The molecule has 19 heavy (non-hydrogen) atoms. The average molecular weight is 269 g/mol. The van der Waals surface area contributed by atoms with Crippen molar-refractivity contribution in [3.05, 3.63) is 0 Å². The Morgan fingerprint density at radius 1 is 1.32 bits per heavy atom. The van der Waals surface area contributed by atoms with Gasteiger partial charge in [0.1, 0.15) is 0 Å². The molecule has 0 spiro atoms. The quantitative estimate of drug-likeness (QED) is 0.767. The first-order valence-electron chi connectivity index (χ1n) is 7.61. The van der Waals surface area contributed by atoms with Crippen molar-refractivity contribution in [2.75, 3.05) is 20.6 Å². The van der Waals surface area contributed by atoms with Crippen LogP contribution >= 0.6 is 0 Å². The third-order valence-electron chi connectivity index (χ3n) is 3.90. The average Bonchev–Trinajstić information content (AvgIpc) is 2.65. The summed E-state index contributed by atoms with van der Waals surface area (Å²) in [6.07, 6.45) is 3.22. The van der Waals surface area contributed by atoms with Crippen LogP contribution in [0.15, 0.2) is 0 Å². The van der Waals surface area contributed by atoms with Crippen LogP contribution in [0.2, 0.25) is 0 Å². The van der Waals surface area contributed by atoms with Crippen molar-refractivity contribution in [3.63, 3.8) is 0 Å². The first-order chi connectivity index (χ1) is 8.88. The minimum atomic E-state index is 0.0270. The third-order valence-corrected chi connectivity index (χ3v) is 3.90. The summed E-state index contributed by atoms with van der Waals surface area (Å²) in [5.74, 6) is 0.749. The van der Waals surface area contributed by atoms with Gasteiger partial charge >= 0.3 is 0 Å². The molecular formula is C15H31N3O. The van der Waals surface area contributed by atoms with Crippen molar-refractivity contribution in [2.24, 2.45) is 5.92 Å². The lowest BCUT2D eigenvalue weighted by atomic mass is 10.1. The number of hydrogen-bond donors (Lipinski definition) is 1. The topological polar surface area (TPSA) is 35.6 Å². The van der Waals surface area contributed by atoms with Gasteiger partial charge in [-0.05, 0) is 46.3 Å². The van der Waals surface area contributed by atoms with E-state index in [9.17, 15) is 4.79 Å². The van der Waals surface area contributed by atoms with Crippen LogP contribution in [0, 0.1) is 5.92 Å². The Kier molecular flexibility index (Phi) is 6.27. The molecule has 1 amide bonds.